The van der Waals surface area contributed by atoms with Gasteiger partial charge in [-0.25, -0.2) is 21.2 Å². The second-order valence-corrected chi connectivity index (χ2v) is 9.09. The van der Waals surface area contributed by atoms with Gasteiger partial charge in [-0.15, -0.1) is 0 Å². The van der Waals surface area contributed by atoms with Gasteiger partial charge in [0, 0.05) is 12.6 Å². The SMILES string of the molecule is CC1CS(=O)(=O)CCN1S(=O)(=O)c1cc(CO)ccc1F. The van der Waals surface area contributed by atoms with Crippen LogP contribution >= 0.6 is 0 Å². The molecule has 1 N–H and O–H groups in total. The van der Waals surface area contributed by atoms with Gasteiger partial charge in [-0.05, 0) is 24.6 Å². The first-order valence-electron chi connectivity index (χ1n) is 6.29. The van der Waals surface area contributed by atoms with E-state index in [4.69, 9.17) is 5.11 Å². The summed E-state index contributed by atoms with van der Waals surface area (Å²) in [6.07, 6.45) is 0. The molecular formula is C12H16FNO5S2. The first-order chi connectivity index (χ1) is 9.67. The summed E-state index contributed by atoms with van der Waals surface area (Å²) in [6, 6.07) is 2.58. The predicted molar refractivity (Wildman–Crippen MR) is 74.3 cm³/mol. The summed E-state index contributed by atoms with van der Waals surface area (Å²) < 4.78 is 62.9. The van der Waals surface area contributed by atoms with E-state index in [0.29, 0.717) is 0 Å². The molecule has 1 unspecified atom stereocenters. The number of sulfonamides is 1. The van der Waals surface area contributed by atoms with Crippen molar-refractivity contribution in [3.8, 4) is 0 Å². The maximum atomic E-state index is 13.8. The molecule has 0 spiro atoms. The minimum atomic E-state index is -4.14. The summed E-state index contributed by atoms with van der Waals surface area (Å²) in [4.78, 5) is -0.541. The van der Waals surface area contributed by atoms with Crippen molar-refractivity contribution in [2.45, 2.75) is 24.5 Å². The van der Waals surface area contributed by atoms with Crippen molar-refractivity contribution in [3.05, 3.63) is 29.6 Å². The summed E-state index contributed by atoms with van der Waals surface area (Å²) in [5, 5.41) is 9.04. The van der Waals surface area contributed by atoms with E-state index in [-0.39, 0.29) is 23.6 Å². The number of halogens is 1. The van der Waals surface area contributed by atoms with E-state index < -0.39 is 43.2 Å². The molecular weight excluding hydrogens is 321 g/mol. The highest BCUT2D eigenvalue weighted by molar-refractivity contribution is 7.92. The van der Waals surface area contributed by atoms with E-state index in [1.165, 1.54) is 13.0 Å². The van der Waals surface area contributed by atoms with Gasteiger partial charge >= 0.3 is 0 Å². The molecule has 1 aliphatic heterocycles. The highest BCUT2D eigenvalue weighted by Crippen LogP contribution is 2.25. The molecule has 0 aromatic heterocycles. The molecule has 2 rings (SSSR count). The maximum absolute atomic E-state index is 13.8. The van der Waals surface area contributed by atoms with Gasteiger partial charge in [0.15, 0.2) is 9.84 Å². The topological polar surface area (TPSA) is 91.8 Å². The van der Waals surface area contributed by atoms with Crippen molar-refractivity contribution in [2.75, 3.05) is 18.1 Å². The van der Waals surface area contributed by atoms with E-state index in [9.17, 15) is 21.2 Å². The Bertz CT molecular complexity index is 745. The predicted octanol–water partition coefficient (Wildman–Crippen LogP) is 0.126. The quantitative estimate of drug-likeness (QED) is 0.846. The zero-order valence-corrected chi connectivity index (χ0v) is 13.0. The highest BCUT2D eigenvalue weighted by atomic mass is 32.2. The molecule has 1 aliphatic rings. The number of nitrogens with zero attached hydrogens (tertiary/aromatic N) is 1. The molecule has 6 nitrogen and oxygen atoms in total. The standard InChI is InChI=1S/C12H16FNO5S2/c1-9-8-20(16,17)5-4-14(9)21(18,19)12-6-10(7-15)2-3-11(12)13/h2-3,6,9,15H,4-5,7-8H2,1H3. The second kappa shape index (κ2) is 5.64. The van der Waals surface area contributed by atoms with Crippen molar-refractivity contribution in [2.24, 2.45) is 0 Å². The van der Waals surface area contributed by atoms with Crippen LogP contribution in [0.3, 0.4) is 0 Å². The number of sulfone groups is 1. The third kappa shape index (κ3) is 3.25. The zero-order valence-electron chi connectivity index (χ0n) is 11.4. The highest BCUT2D eigenvalue weighted by Gasteiger charge is 2.37. The summed E-state index contributed by atoms with van der Waals surface area (Å²) in [6.45, 7) is 0.865. The van der Waals surface area contributed by atoms with Crippen LogP contribution in [0.1, 0.15) is 12.5 Å². The summed E-state index contributed by atoms with van der Waals surface area (Å²) in [5.74, 6) is -1.49. The number of benzene rings is 1. The van der Waals surface area contributed by atoms with Crippen LogP contribution in [0, 0.1) is 5.82 Å². The monoisotopic (exact) mass is 337 g/mol. The van der Waals surface area contributed by atoms with Crippen molar-refractivity contribution >= 4 is 19.9 Å². The first-order valence-corrected chi connectivity index (χ1v) is 9.55. The van der Waals surface area contributed by atoms with Crippen LogP contribution in [0.5, 0.6) is 0 Å². The third-order valence-corrected chi connectivity index (χ3v) is 7.20. The summed E-state index contributed by atoms with van der Waals surface area (Å²) in [7, 11) is -7.41. The van der Waals surface area contributed by atoms with Crippen LogP contribution in [0.2, 0.25) is 0 Å². The first kappa shape index (κ1) is 16.3. The summed E-state index contributed by atoms with van der Waals surface area (Å²) >= 11 is 0. The van der Waals surface area contributed by atoms with Gasteiger partial charge in [0.1, 0.15) is 10.7 Å². The van der Waals surface area contributed by atoms with Crippen LogP contribution in [-0.2, 0) is 26.5 Å². The number of hydrogen-bond donors (Lipinski definition) is 1. The number of hydrogen-bond acceptors (Lipinski definition) is 5. The van der Waals surface area contributed by atoms with Crippen LogP contribution in [-0.4, -0.2) is 50.3 Å². The lowest BCUT2D eigenvalue weighted by molar-refractivity contribution is 0.281. The minimum Gasteiger partial charge on any atom is -0.392 e. The zero-order chi connectivity index (χ0) is 15.8. The third-order valence-electron chi connectivity index (χ3n) is 3.37. The molecule has 1 heterocycles. The Balaban J connectivity index is 2.43. The normalized spacial score (nSPS) is 23.1. The molecule has 0 radical (unpaired) electrons. The van der Waals surface area contributed by atoms with Gasteiger partial charge in [0.05, 0.1) is 18.1 Å². The Morgan fingerprint density at radius 2 is 2.10 bits per heavy atom. The van der Waals surface area contributed by atoms with Crippen LogP contribution in [0.25, 0.3) is 0 Å². The molecule has 1 aromatic carbocycles. The Kier molecular flexibility index (Phi) is 4.39. The average Bonchev–Trinajstić information content (AvgIpc) is 2.37. The molecule has 1 saturated heterocycles. The molecule has 9 heteroatoms. The van der Waals surface area contributed by atoms with Crippen molar-refractivity contribution in [1.29, 1.82) is 0 Å². The molecule has 1 atom stereocenters. The van der Waals surface area contributed by atoms with Crippen LogP contribution < -0.4 is 0 Å². The largest absolute Gasteiger partial charge is 0.392 e. The van der Waals surface area contributed by atoms with Crippen LogP contribution in [0.4, 0.5) is 4.39 Å². The lowest BCUT2D eigenvalue weighted by Gasteiger charge is -2.32. The van der Waals surface area contributed by atoms with Gasteiger partial charge in [0.2, 0.25) is 10.0 Å². The average molecular weight is 337 g/mol. The molecule has 1 fully saturated rings. The van der Waals surface area contributed by atoms with Crippen molar-refractivity contribution in [3.63, 3.8) is 0 Å². The number of rotatable bonds is 3. The lowest BCUT2D eigenvalue weighted by atomic mass is 10.2. The Hall–Kier alpha value is -1.03. The fourth-order valence-corrected chi connectivity index (χ4v) is 5.82. The minimum absolute atomic E-state index is 0.200. The summed E-state index contributed by atoms with van der Waals surface area (Å²) in [5.41, 5.74) is 0.271. The van der Waals surface area contributed by atoms with Gasteiger partial charge in [-0.2, -0.15) is 4.31 Å². The number of aliphatic hydroxyl groups excluding tert-OH is 1. The van der Waals surface area contributed by atoms with E-state index in [0.717, 1.165) is 16.4 Å². The Labute approximate surface area is 123 Å². The van der Waals surface area contributed by atoms with Gasteiger partial charge in [-0.3, -0.25) is 0 Å². The Morgan fingerprint density at radius 1 is 1.43 bits per heavy atom. The second-order valence-electron chi connectivity index (χ2n) is 5.00. The Morgan fingerprint density at radius 3 is 2.67 bits per heavy atom. The van der Waals surface area contributed by atoms with E-state index in [1.54, 1.807) is 0 Å². The van der Waals surface area contributed by atoms with E-state index in [1.807, 2.05) is 0 Å². The molecule has 0 bridgehead atoms. The fraction of sp³-hybridized carbons (Fsp3) is 0.500. The molecule has 0 amide bonds. The molecule has 0 aliphatic carbocycles. The van der Waals surface area contributed by atoms with Gasteiger partial charge < -0.3 is 5.11 Å². The smallest absolute Gasteiger partial charge is 0.246 e. The molecule has 118 valence electrons. The van der Waals surface area contributed by atoms with Crippen LogP contribution in [0.15, 0.2) is 23.1 Å². The maximum Gasteiger partial charge on any atom is 0.246 e. The van der Waals surface area contributed by atoms with E-state index in [2.05, 4.69) is 0 Å². The van der Waals surface area contributed by atoms with Gasteiger partial charge in [0.25, 0.3) is 0 Å². The van der Waals surface area contributed by atoms with E-state index >= 15 is 0 Å². The number of aliphatic hydroxyl groups is 1. The molecule has 1 aromatic rings. The van der Waals surface area contributed by atoms with Crippen molar-refractivity contribution in [1.82, 2.24) is 4.31 Å². The van der Waals surface area contributed by atoms with Crippen molar-refractivity contribution < 1.29 is 26.3 Å². The van der Waals surface area contributed by atoms with Gasteiger partial charge in [-0.1, -0.05) is 6.07 Å². The molecule has 21 heavy (non-hydrogen) atoms. The lowest BCUT2D eigenvalue weighted by Crippen LogP contribution is -2.49. The molecule has 0 saturated carbocycles. The fourth-order valence-electron chi connectivity index (χ4n) is 2.31.